The van der Waals surface area contributed by atoms with Gasteiger partial charge in [-0.3, -0.25) is 10.7 Å². The van der Waals surface area contributed by atoms with Gasteiger partial charge in [-0.2, -0.15) is 0 Å². The summed E-state index contributed by atoms with van der Waals surface area (Å²) in [7, 11) is 0. The number of halogens is 1. The SMILES string of the molecule is ONc1ccc(Cl)cc1-c1ccccc1. The number of nitrogens with one attached hydrogen (secondary N) is 1. The molecular formula is C12H10ClNO. The lowest BCUT2D eigenvalue weighted by Crippen LogP contribution is -1.92. The van der Waals surface area contributed by atoms with E-state index < -0.39 is 0 Å². The zero-order chi connectivity index (χ0) is 10.7. The predicted molar refractivity (Wildman–Crippen MR) is 62.3 cm³/mol. The van der Waals surface area contributed by atoms with Crippen molar-refractivity contribution >= 4 is 17.3 Å². The van der Waals surface area contributed by atoms with Crippen LogP contribution < -0.4 is 5.48 Å². The van der Waals surface area contributed by atoms with Crippen LogP contribution in [0.4, 0.5) is 5.69 Å². The molecule has 0 heterocycles. The van der Waals surface area contributed by atoms with Gasteiger partial charge in [0.15, 0.2) is 0 Å². The van der Waals surface area contributed by atoms with E-state index in [4.69, 9.17) is 16.8 Å². The van der Waals surface area contributed by atoms with E-state index in [2.05, 4.69) is 5.48 Å². The van der Waals surface area contributed by atoms with Crippen LogP contribution in [0.1, 0.15) is 0 Å². The van der Waals surface area contributed by atoms with Gasteiger partial charge in [-0.05, 0) is 23.8 Å². The Kier molecular flexibility index (Phi) is 2.90. The van der Waals surface area contributed by atoms with Crippen molar-refractivity contribution in [3.63, 3.8) is 0 Å². The maximum absolute atomic E-state index is 8.98. The molecule has 0 bridgehead atoms. The minimum Gasteiger partial charge on any atom is -0.291 e. The second-order valence-electron chi connectivity index (χ2n) is 3.17. The molecule has 2 rings (SSSR count). The van der Waals surface area contributed by atoms with Gasteiger partial charge >= 0.3 is 0 Å². The number of benzene rings is 2. The summed E-state index contributed by atoms with van der Waals surface area (Å²) in [6.07, 6.45) is 0. The van der Waals surface area contributed by atoms with Gasteiger partial charge in [0.25, 0.3) is 0 Å². The van der Waals surface area contributed by atoms with Gasteiger partial charge < -0.3 is 0 Å². The lowest BCUT2D eigenvalue weighted by Gasteiger charge is -2.08. The molecule has 0 fully saturated rings. The molecule has 0 radical (unpaired) electrons. The molecule has 2 N–H and O–H groups in total. The van der Waals surface area contributed by atoms with Crippen molar-refractivity contribution in [2.45, 2.75) is 0 Å². The molecule has 76 valence electrons. The highest BCUT2D eigenvalue weighted by Crippen LogP contribution is 2.30. The van der Waals surface area contributed by atoms with Crippen LogP contribution >= 0.6 is 11.6 Å². The topological polar surface area (TPSA) is 32.3 Å². The Balaban J connectivity index is 2.56. The van der Waals surface area contributed by atoms with E-state index in [0.717, 1.165) is 11.1 Å². The van der Waals surface area contributed by atoms with Crippen molar-refractivity contribution in [3.05, 3.63) is 53.6 Å². The molecule has 2 nitrogen and oxygen atoms in total. The maximum Gasteiger partial charge on any atom is 0.0681 e. The van der Waals surface area contributed by atoms with Gasteiger partial charge in [0.05, 0.1) is 5.69 Å². The summed E-state index contributed by atoms with van der Waals surface area (Å²) in [5.74, 6) is 0. The molecule has 0 saturated carbocycles. The van der Waals surface area contributed by atoms with Crippen LogP contribution in [0.25, 0.3) is 11.1 Å². The van der Waals surface area contributed by atoms with Gasteiger partial charge in [0.1, 0.15) is 0 Å². The molecule has 0 aliphatic rings. The number of anilines is 1. The van der Waals surface area contributed by atoms with Gasteiger partial charge in [0, 0.05) is 10.6 Å². The monoisotopic (exact) mass is 219 g/mol. The normalized spacial score (nSPS) is 10.0. The zero-order valence-corrected chi connectivity index (χ0v) is 8.70. The van der Waals surface area contributed by atoms with Crippen LogP contribution in [0, 0.1) is 0 Å². The second kappa shape index (κ2) is 4.34. The highest BCUT2D eigenvalue weighted by atomic mass is 35.5. The van der Waals surface area contributed by atoms with E-state index in [1.54, 1.807) is 12.1 Å². The Labute approximate surface area is 93.1 Å². The Morgan fingerprint density at radius 3 is 2.40 bits per heavy atom. The van der Waals surface area contributed by atoms with Gasteiger partial charge in [-0.15, -0.1) is 0 Å². The molecule has 0 saturated heterocycles. The van der Waals surface area contributed by atoms with Crippen LogP contribution in [-0.4, -0.2) is 5.21 Å². The summed E-state index contributed by atoms with van der Waals surface area (Å²) in [6, 6.07) is 15.0. The lowest BCUT2D eigenvalue weighted by molar-refractivity contribution is 0.389. The molecule has 0 atom stereocenters. The smallest absolute Gasteiger partial charge is 0.0681 e. The third-order valence-electron chi connectivity index (χ3n) is 2.19. The fraction of sp³-hybridized carbons (Fsp3) is 0. The quantitative estimate of drug-likeness (QED) is 0.753. The molecule has 2 aromatic carbocycles. The predicted octanol–water partition coefficient (Wildman–Crippen LogP) is 3.81. The number of rotatable bonds is 2. The summed E-state index contributed by atoms with van der Waals surface area (Å²) < 4.78 is 0. The van der Waals surface area contributed by atoms with Crippen molar-refractivity contribution in [1.29, 1.82) is 0 Å². The minimum atomic E-state index is 0.644. The average Bonchev–Trinajstić information content (AvgIpc) is 2.30. The van der Waals surface area contributed by atoms with E-state index in [0.29, 0.717) is 10.7 Å². The van der Waals surface area contributed by atoms with Crippen LogP contribution in [-0.2, 0) is 0 Å². The van der Waals surface area contributed by atoms with Gasteiger partial charge in [-0.1, -0.05) is 41.9 Å². The first-order valence-electron chi connectivity index (χ1n) is 4.56. The summed E-state index contributed by atoms with van der Waals surface area (Å²) in [5.41, 5.74) is 4.70. The molecule has 0 spiro atoms. The Morgan fingerprint density at radius 1 is 1.00 bits per heavy atom. The van der Waals surface area contributed by atoms with Crippen LogP contribution in [0.5, 0.6) is 0 Å². The molecule has 0 aliphatic heterocycles. The van der Waals surface area contributed by atoms with E-state index in [1.165, 1.54) is 0 Å². The van der Waals surface area contributed by atoms with Crippen LogP contribution in [0.15, 0.2) is 48.5 Å². The summed E-state index contributed by atoms with van der Waals surface area (Å²) in [5, 5.41) is 9.62. The lowest BCUT2D eigenvalue weighted by atomic mass is 10.0. The second-order valence-corrected chi connectivity index (χ2v) is 3.60. The fourth-order valence-electron chi connectivity index (χ4n) is 1.47. The van der Waals surface area contributed by atoms with Crippen molar-refractivity contribution < 1.29 is 5.21 Å². The summed E-state index contributed by atoms with van der Waals surface area (Å²) >= 11 is 5.91. The number of hydrogen-bond donors (Lipinski definition) is 2. The Bertz CT molecular complexity index is 456. The van der Waals surface area contributed by atoms with E-state index in [9.17, 15) is 0 Å². The van der Waals surface area contributed by atoms with E-state index in [1.807, 2.05) is 36.4 Å². The van der Waals surface area contributed by atoms with E-state index >= 15 is 0 Å². The Hall–Kier alpha value is -1.51. The molecule has 15 heavy (non-hydrogen) atoms. The number of hydrogen-bond acceptors (Lipinski definition) is 2. The third-order valence-corrected chi connectivity index (χ3v) is 2.42. The first-order chi connectivity index (χ1) is 7.31. The summed E-state index contributed by atoms with van der Waals surface area (Å²) in [4.78, 5) is 0. The highest BCUT2D eigenvalue weighted by Gasteiger charge is 2.04. The first kappa shape index (κ1) is 10.0. The molecule has 3 heteroatoms. The first-order valence-corrected chi connectivity index (χ1v) is 4.94. The van der Waals surface area contributed by atoms with Crippen LogP contribution in [0.3, 0.4) is 0 Å². The van der Waals surface area contributed by atoms with Crippen molar-refractivity contribution in [3.8, 4) is 11.1 Å². The molecule has 0 amide bonds. The highest BCUT2D eigenvalue weighted by molar-refractivity contribution is 6.31. The van der Waals surface area contributed by atoms with Crippen LogP contribution in [0.2, 0.25) is 5.02 Å². The molecule has 0 aliphatic carbocycles. The van der Waals surface area contributed by atoms with E-state index in [-0.39, 0.29) is 0 Å². The maximum atomic E-state index is 8.98. The molecule has 0 aromatic heterocycles. The van der Waals surface area contributed by atoms with Crippen molar-refractivity contribution in [2.24, 2.45) is 0 Å². The van der Waals surface area contributed by atoms with Gasteiger partial charge in [0.2, 0.25) is 0 Å². The fourth-order valence-corrected chi connectivity index (χ4v) is 1.64. The van der Waals surface area contributed by atoms with Gasteiger partial charge in [-0.25, -0.2) is 0 Å². The Morgan fingerprint density at radius 2 is 1.73 bits per heavy atom. The standard InChI is InChI=1S/C12H10ClNO/c13-10-6-7-12(14-15)11(8-10)9-4-2-1-3-5-9/h1-8,14-15H. The van der Waals surface area contributed by atoms with Crippen molar-refractivity contribution in [2.75, 3.05) is 5.48 Å². The largest absolute Gasteiger partial charge is 0.291 e. The molecular weight excluding hydrogens is 210 g/mol. The molecule has 0 unspecified atom stereocenters. The average molecular weight is 220 g/mol. The summed E-state index contributed by atoms with van der Waals surface area (Å²) in [6.45, 7) is 0. The minimum absolute atomic E-state index is 0.644. The third kappa shape index (κ3) is 2.12. The van der Waals surface area contributed by atoms with Crippen molar-refractivity contribution in [1.82, 2.24) is 0 Å². The zero-order valence-electron chi connectivity index (χ0n) is 7.94. The molecule has 2 aromatic rings.